The summed E-state index contributed by atoms with van der Waals surface area (Å²) in [7, 11) is 1.63. The number of piperidine rings is 1. The van der Waals surface area contributed by atoms with E-state index in [4.69, 9.17) is 9.47 Å². The average molecular weight is 439 g/mol. The Morgan fingerprint density at radius 2 is 1.88 bits per heavy atom. The van der Waals surface area contributed by atoms with Gasteiger partial charge in [-0.05, 0) is 37.5 Å². The number of nitrogens with zero attached hydrogens (tertiary/aromatic N) is 4. The maximum Gasteiger partial charge on any atom is 0.257 e. The lowest BCUT2D eigenvalue weighted by Crippen LogP contribution is -2.41. The number of hydrogen-bond donors (Lipinski definition) is 0. The van der Waals surface area contributed by atoms with Crippen LogP contribution in [0.3, 0.4) is 0 Å². The molecule has 1 atom stereocenters. The molecule has 0 aliphatic carbocycles. The van der Waals surface area contributed by atoms with Crippen LogP contribution < -0.4 is 4.74 Å². The van der Waals surface area contributed by atoms with Crippen LogP contribution in [-0.2, 0) is 16.0 Å². The Bertz CT molecular complexity index is 957. The van der Waals surface area contributed by atoms with Crippen LogP contribution in [0.25, 0.3) is 0 Å². The lowest BCUT2D eigenvalue weighted by Gasteiger charge is -2.32. The summed E-state index contributed by atoms with van der Waals surface area (Å²) < 4.78 is 10.5. The molecular weight excluding hydrogens is 408 g/mol. The van der Waals surface area contributed by atoms with E-state index in [0.29, 0.717) is 56.4 Å². The van der Waals surface area contributed by atoms with Crippen molar-refractivity contribution in [2.24, 2.45) is 0 Å². The molecule has 2 aliphatic rings. The summed E-state index contributed by atoms with van der Waals surface area (Å²) in [6.45, 7) is 5.51. The summed E-state index contributed by atoms with van der Waals surface area (Å²) in [5.41, 5.74) is 2.20. The minimum Gasteiger partial charge on any atom is -0.497 e. The van der Waals surface area contributed by atoms with Crippen molar-refractivity contribution >= 4 is 11.8 Å². The highest BCUT2D eigenvalue weighted by Gasteiger charge is 2.28. The fourth-order valence-electron chi connectivity index (χ4n) is 4.27. The number of aryl methyl sites for hydroxylation is 1. The first kappa shape index (κ1) is 22.2. The van der Waals surface area contributed by atoms with Crippen molar-refractivity contribution in [1.82, 2.24) is 19.8 Å². The number of morpholine rings is 1. The van der Waals surface area contributed by atoms with Crippen molar-refractivity contribution < 1.29 is 19.1 Å². The van der Waals surface area contributed by atoms with Crippen LogP contribution in [0.15, 0.2) is 30.5 Å². The number of aromatic nitrogens is 2. The summed E-state index contributed by atoms with van der Waals surface area (Å²) in [6, 6.07) is 7.60. The SMILES string of the molecule is COc1ccc(CC(=O)N2CCCC(c3ncc(C(=O)N4CCOCC4)c(C)n3)C2)cc1. The van der Waals surface area contributed by atoms with E-state index in [1.165, 1.54) is 0 Å². The van der Waals surface area contributed by atoms with Crippen LogP contribution in [-0.4, -0.2) is 78.1 Å². The molecule has 2 fully saturated rings. The zero-order valence-electron chi connectivity index (χ0n) is 18.7. The fraction of sp³-hybridized carbons (Fsp3) is 0.500. The molecule has 1 unspecified atom stereocenters. The van der Waals surface area contributed by atoms with Gasteiger partial charge in [0.25, 0.3) is 5.91 Å². The molecule has 2 amide bonds. The third-order valence-electron chi connectivity index (χ3n) is 6.18. The molecule has 1 aromatic carbocycles. The van der Waals surface area contributed by atoms with E-state index >= 15 is 0 Å². The van der Waals surface area contributed by atoms with E-state index in [1.54, 1.807) is 18.2 Å². The first-order chi connectivity index (χ1) is 15.5. The highest BCUT2D eigenvalue weighted by Crippen LogP contribution is 2.26. The minimum absolute atomic E-state index is 0.0442. The highest BCUT2D eigenvalue weighted by atomic mass is 16.5. The number of amides is 2. The highest BCUT2D eigenvalue weighted by molar-refractivity contribution is 5.95. The Morgan fingerprint density at radius 3 is 2.56 bits per heavy atom. The lowest BCUT2D eigenvalue weighted by atomic mass is 9.96. The van der Waals surface area contributed by atoms with Gasteiger partial charge in [0.05, 0.1) is 38.0 Å². The van der Waals surface area contributed by atoms with E-state index in [0.717, 1.165) is 30.7 Å². The molecule has 1 aromatic heterocycles. The molecular formula is C24H30N4O4. The van der Waals surface area contributed by atoms with E-state index in [-0.39, 0.29) is 17.7 Å². The number of carbonyl (C=O) groups is 2. The van der Waals surface area contributed by atoms with Crippen molar-refractivity contribution in [3.05, 3.63) is 53.1 Å². The van der Waals surface area contributed by atoms with Crippen LogP contribution >= 0.6 is 0 Å². The second kappa shape index (κ2) is 10.1. The van der Waals surface area contributed by atoms with Gasteiger partial charge < -0.3 is 19.3 Å². The molecule has 2 aliphatic heterocycles. The van der Waals surface area contributed by atoms with Crippen molar-refractivity contribution in [2.45, 2.75) is 32.1 Å². The second-order valence-corrected chi connectivity index (χ2v) is 8.34. The number of hydrogen-bond acceptors (Lipinski definition) is 6. The number of rotatable bonds is 5. The molecule has 32 heavy (non-hydrogen) atoms. The van der Waals surface area contributed by atoms with Crippen LogP contribution in [0.2, 0.25) is 0 Å². The van der Waals surface area contributed by atoms with Gasteiger partial charge in [-0.1, -0.05) is 12.1 Å². The molecule has 0 radical (unpaired) electrons. The van der Waals surface area contributed by atoms with E-state index < -0.39 is 0 Å². The Kier molecular flexibility index (Phi) is 6.99. The van der Waals surface area contributed by atoms with Gasteiger partial charge in [0.15, 0.2) is 0 Å². The number of carbonyl (C=O) groups excluding carboxylic acids is 2. The van der Waals surface area contributed by atoms with Crippen LogP contribution in [0.5, 0.6) is 5.75 Å². The van der Waals surface area contributed by atoms with Gasteiger partial charge in [-0.15, -0.1) is 0 Å². The Morgan fingerprint density at radius 1 is 1.12 bits per heavy atom. The summed E-state index contributed by atoms with van der Waals surface area (Å²) >= 11 is 0. The van der Waals surface area contributed by atoms with Crippen molar-refractivity contribution in [3.63, 3.8) is 0 Å². The predicted octanol–water partition coefficient (Wildman–Crippen LogP) is 2.21. The maximum absolute atomic E-state index is 12.9. The van der Waals surface area contributed by atoms with E-state index in [2.05, 4.69) is 9.97 Å². The molecule has 8 heteroatoms. The largest absolute Gasteiger partial charge is 0.497 e. The predicted molar refractivity (Wildman–Crippen MR) is 119 cm³/mol. The smallest absolute Gasteiger partial charge is 0.257 e. The number of likely N-dealkylation sites (tertiary alicyclic amines) is 1. The molecule has 3 heterocycles. The molecule has 0 spiro atoms. The maximum atomic E-state index is 12.9. The number of methoxy groups -OCH3 is 1. The fourth-order valence-corrected chi connectivity index (χ4v) is 4.27. The van der Waals surface area contributed by atoms with E-state index in [9.17, 15) is 9.59 Å². The van der Waals surface area contributed by atoms with Gasteiger partial charge in [-0.25, -0.2) is 9.97 Å². The quantitative estimate of drug-likeness (QED) is 0.712. The molecule has 2 aromatic rings. The minimum atomic E-state index is -0.0442. The lowest BCUT2D eigenvalue weighted by molar-refractivity contribution is -0.131. The standard InChI is InChI=1S/C24H30N4O4/c1-17-21(24(30)27-10-12-32-13-11-27)15-25-23(26-17)19-4-3-9-28(16-19)22(29)14-18-5-7-20(31-2)8-6-18/h5-8,15,19H,3-4,9-14,16H2,1-2H3. The number of ether oxygens (including phenoxy) is 2. The Hall–Kier alpha value is -3.00. The van der Waals surface area contributed by atoms with Crippen molar-refractivity contribution in [2.75, 3.05) is 46.5 Å². The third-order valence-corrected chi connectivity index (χ3v) is 6.18. The van der Waals surface area contributed by atoms with Gasteiger partial charge in [0.2, 0.25) is 5.91 Å². The van der Waals surface area contributed by atoms with Gasteiger partial charge in [-0.2, -0.15) is 0 Å². The topological polar surface area (TPSA) is 84.9 Å². The van der Waals surface area contributed by atoms with Gasteiger partial charge in [-0.3, -0.25) is 9.59 Å². The number of benzene rings is 1. The van der Waals surface area contributed by atoms with Crippen molar-refractivity contribution in [3.8, 4) is 5.75 Å². The van der Waals surface area contributed by atoms with Crippen LogP contribution in [0, 0.1) is 6.92 Å². The molecule has 8 nitrogen and oxygen atoms in total. The zero-order valence-corrected chi connectivity index (χ0v) is 18.7. The van der Waals surface area contributed by atoms with Gasteiger partial charge >= 0.3 is 0 Å². The van der Waals surface area contributed by atoms with Crippen molar-refractivity contribution in [1.29, 1.82) is 0 Å². The monoisotopic (exact) mass is 438 g/mol. The molecule has 0 saturated carbocycles. The molecule has 2 saturated heterocycles. The third kappa shape index (κ3) is 5.07. The van der Waals surface area contributed by atoms with Gasteiger partial charge in [0, 0.05) is 38.3 Å². The van der Waals surface area contributed by atoms with Gasteiger partial charge in [0.1, 0.15) is 11.6 Å². The first-order valence-corrected chi connectivity index (χ1v) is 11.2. The first-order valence-electron chi connectivity index (χ1n) is 11.2. The second-order valence-electron chi connectivity index (χ2n) is 8.34. The zero-order chi connectivity index (χ0) is 22.5. The molecule has 170 valence electrons. The summed E-state index contributed by atoms with van der Waals surface area (Å²) in [4.78, 5) is 38.6. The van der Waals surface area contributed by atoms with Crippen LogP contribution in [0.1, 0.15) is 46.2 Å². The Balaban J connectivity index is 1.40. The Labute approximate surface area is 188 Å². The molecule has 0 N–H and O–H groups in total. The summed E-state index contributed by atoms with van der Waals surface area (Å²) in [6.07, 6.45) is 3.86. The molecule has 0 bridgehead atoms. The molecule has 4 rings (SSSR count). The average Bonchev–Trinajstić information content (AvgIpc) is 2.84. The van der Waals surface area contributed by atoms with Crippen LogP contribution in [0.4, 0.5) is 0 Å². The summed E-state index contributed by atoms with van der Waals surface area (Å²) in [5.74, 6) is 1.63. The normalized spacial score (nSPS) is 19.0. The summed E-state index contributed by atoms with van der Waals surface area (Å²) in [5, 5.41) is 0. The van der Waals surface area contributed by atoms with E-state index in [1.807, 2.05) is 36.1 Å².